The molecule has 1 heterocycles. The van der Waals surface area contributed by atoms with E-state index in [-0.39, 0.29) is 17.9 Å². The number of nitrogens with one attached hydrogen (secondary N) is 1. The highest BCUT2D eigenvalue weighted by Crippen LogP contribution is 2.29. The fourth-order valence-electron chi connectivity index (χ4n) is 2.49. The molecule has 122 valence electrons. The summed E-state index contributed by atoms with van der Waals surface area (Å²) in [6, 6.07) is 4.33. The molecule has 1 aromatic rings. The van der Waals surface area contributed by atoms with Crippen molar-refractivity contribution in [1.29, 1.82) is 0 Å². The van der Waals surface area contributed by atoms with E-state index in [0.29, 0.717) is 12.0 Å². The maximum atomic E-state index is 12.4. The van der Waals surface area contributed by atoms with E-state index in [4.69, 9.17) is 0 Å². The molecule has 1 aromatic carbocycles. The van der Waals surface area contributed by atoms with Crippen LogP contribution < -0.4 is 5.32 Å². The van der Waals surface area contributed by atoms with Crippen LogP contribution in [-0.4, -0.2) is 31.4 Å². The van der Waals surface area contributed by atoms with Gasteiger partial charge < -0.3 is 5.32 Å². The number of rotatable bonds is 3. The van der Waals surface area contributed by atoms with Crippen molar-refractivity contribution in [2.75, 3.05) is 11.5 Å². The Labute approximate surface area is 126 Å². The second kappa shape index (κ2) is 5.57. The number of carbonyl (C=O) groups excluding carboxylic acids is 1. The Balaban J connectivity index is 1.98. The largest absolute Gasteiger partial charge is 0.416 e. The van der Waals surface area contributed by atoms with Crippen molar-refractivity contribution in [2.45, 2.75) is 31.5 Å². The molecule has 0 aromatic heterocycles. The number of halogens is 3. The van der Waals surface area contributed by atoms with Crippen LogP contribution in [0, 0.1) is 0 Å². The lowest BCUT2D eigenvalue weighted by atomic mass is 10.0. The molecule has 0 radical (unpaired) electrons. The lowest BCUT2D eigenvalue weighted by Crippen LogP contribution is -2.47. The average Bonchev–Trinajstić information content (AvgIpc) is 2.62. The number of carbonyl (C=O) groups is 1. The quantitative estimate of drug-likeness (QED) is 0.918. The predicted octanol–water partition coefficient (Wildman–Crippen LogP) is 1.94. The number of hydrogen-bond donors (Lipinski definition) is 1. The number of sulfone groups is 1. The molecule has 1 saturated heterocycles. The monoisotopic (exact) mass is 335 g/mol. The molecule has 8 heteroatoms. The Morgan fingerprint density at radius 1 is 1.27 bits per heavy atom. The van der Waals surface area contributed by atoms with E-state index in [2.05, 4.69) is 5.32 Å². The van der Waals surface area contributed by atoms with E-state index >= 15 is 0 Å². The first-order valence-electron chi connectivity index (χ1n) is 6.67. The van der Waals surface area contributed by atoms with Gasteiger partial charge in [-0.2, -0.15) is 13.2 Å². The molecular formula is C14H16F3NO3S. The molecule has 0 aliphatic carbocycles. The SMILES string of the molecule is C[C@]1(NC(=O)Cc2ccc(C(F)(F)F)cc2)CCS(=O)(=O)C1. The maximum absolute atomic E-state index is 12.4. The minimum atomic E-state index is -4.41. The standard InChI is InChI=1S/C14H16F3NO3S/c1-13(6-7-22(20,21)9-13)18-12(19)8-10-2-4-11(5-3-10)14(15,16)17/h2-5H,6-9H2,1H3,(H,18,19)/t13-/m0/s1. The van der Waals surface area contributed by atoms with Gasteiger partial charge in [0.25, 0.3) is 0 Å². The fraction of sp³-hybridized carbons (Fsp3) is 0.500. The Morgan fingerprint density at radius 3 is 2.32 bits per heavy atom. The van der Waals surface area contributed by atoms with Crippen molar-refractivity contribution in [3.05, 3.63) is 35.4 Å². The van der Waals surface area contributed by atoms with Gasteiger partial charge in [0.05, 0.1) is 29.0 Å². The average molecular weight is 335 g/mol. The first kappa shape index (κ1) is 16.8. The molecule has 0 bridgehead atoms. The van der Waals surface area contributed by atoms with Gasteiger partial charge in [0.1, 0.15) is 0 Å². The van der Waals surface area contributed by atoms with Crippen LogP contribution in [0.3, 0.4) is 0 Å². The normalized spacial score (nSPS) is 24.2. The molecule has 1 aliphatic heterocycles. The Morgan fingerprint density at radius 2 is 1.86 bits per heavy atom. The lowest BCUT2D eigenvalue weighted by Gasteiger charge is -2.23. The third-order valence-corrected chi connectivity index (χ3v) is 5.49. The second-order valence-corrected chi connectivity index (χ2v) is 8.01. The second-order valence-electron chi connectivity index (χ2n) is 5.82. The van der Waals surface area contributed by atoms with Gasteiger partial charge in [-0.25, -0.2) is 8.42 Å². The van der Waals surface area contributed by atoms with Gasteiger partial charge >= 0.3 is 6.18 Å². The van der Waals surface area contributed by atoms with Gasteiger partial charge in [-0.05, 0) is 31.0 Å². The number of hydrogen-bond acceptors (Lipinski definition) is 3. The molecule has 1 atom stereocenters. The van der Waals surface area contributed by atoms with Crippen LogP contribution in [0.2, 0.25) is 0 Å². The summed E-state index contributed by atoms with van der Waals surface area (Å²) in [5.74, 6) is -0.484. The van der Waals surface area contributed by atoms with Crippen LogP contribution in [0.1, 0.15) is 24.5 Å². The minimum Gasteiger partial charge on any atom is -0.350 e. The third kappa shape index (κ3) is 4.22. The molecule has 4 nitrogen and oxygen atoms in total. The van der Waals surface area contributed by atoms with Gasteiger partial charge in [-0.15, -0.1) is 0 Å². The molecule has 1 aliphatic rings. The summed E-state index contributed by atoms with van der Waals surface area (Å²) in [4.78, 5) is 11.9. The summed E-state index contributed by atoms with van der Waals surface area (Å²) in [6.45, 7) is 1.65. The van der Waals surface area contributed by atoms with Crippen LogP contribution in [-0.2, 0) is 27.2 Å². The molecule has 0 unspecified atom stereocenters. The maximum Gasteiger partial charge on any atom is 0.416 e. The molecule has 1 N–H and O–H groups in total. The van der Waals surface area contributed by atoms with E-state index in [0.717, 1.165) is 12.1 Å². The summed E-state index contributed by atoms with van der Waals surface area (Å²) < 4.78 is 60.2. The summed E-state index contributed by atoms with van der Waals surface area (Å²) in [6.07, 6.45) is -4.16. The van der Waals surface area contributed by atoms with E-state index in [1.54, 1.807) is 6.92 Å². The summed E-state index contributed by atoms with van der Waals surface area (Å²) in [7, 11) is -3.13. The third-order valence-electron chi connectivity index (χ3n) is 3.59. The van der Waals surface area contributed by atoms with Crippen molar-refractivity contribution in [3.63, 3.8) is 0 Å². The molecular weight excluding hydrogens is 319 g/mol. The van der Waals surface area contributed by atoms with Gasteiger partial charge in [-0.3, -0.25) is 4.79 Å². The van der Waals surface area contributed by atoms with Gasteiger partial charge in [0.15, 0.2) is 9.84 Å². The first-order chi connectivity index (χ1) is 9.99. The molecule has 0 spiro atoms. The fourth-order valence-corrected chi connectivity index (χ4v) is 4.58. The minimum absolute atomic E-state index is 0.0318. The predicted molar refractivity (Wildman–Crippen MR) is 75.0 cm³/mol. The Kier molecular flexibility index (Phi) is 4.25. The van der Waals surface area contributed by atoms with Crippen LogP contribution >= 0.6 is 0 Å². The number of amides is 1. The van der Waals surface area contributed by atoms with Gasteiger partial charge in [0, 0.05) is 0 Å². The first-order valence-corrected chi connectivity index (χ1v) is 8.49. The smallest absolute Gasteiger partial charge is 0.350 e. The topological polar surface area (TPSA) is 63.2 Å². The summed E-state index contributed by atoms with van der Waals surface area (Å²) >= 11 is 0. The van der Waals surface area contributed by atoms with Crippen molar-refractivity contribution in [1.82, 2.24) is 5.32 Å². The Bertz CT molecular complexity index is 668. The molecule has 1 fully saturated rings. The van der Waals surface area contributed by atoms with Crippen molar-refractivity contribution < 1.29 is 26.4 Å². The molecule has 1 amide bonds. The lowest BCUT2D eigenvalue weighted by molar-refractivity contribution is -0.137. The summed E-state index contributed by atoms with van der Waals surface area (Å²) in [5.41, 5.74) is -1.14. The van der Waals surface area contributed by atoms with Gasteiger partial charge in [-0.1, -0.05) is 12.1 Å². The van der Waals surface area contributed by atoms with Crippen molar-refractivity contribution in [3.8, 4) is 0 Å². The van der Waals surface area contributed by atoms with Crippen LogP contribution in [0.25, 0.3) is 0 Å². The zero-order valence-corrected chi connectivity index (χ0v) is 12.7. The van der Waals surface area contributed by atoms with E-state index in [1.165, 1.54) is 12.1 Å². The zero-order chi connectivity index (χ0) is 16.6. The van der Waals surface area contributed by atoms with Crippen LogP contribution in [0.4, 0.5) is 13.2 Å². The van der Waals surface area contributed by atoms with Crippen molar-refractivity contribution >= 4 is 15.7 Å². The van der Waals surface area contributed by atoms with Crippen LogP contribution in [0.15, 0.2) is 24.3 Å². The number of alkyl halides is 3. The van der Waals surface area contributed by atoms with Crippen LogP contribution in [0.5, 0.6) is 0 Å². The van der Waals surface area contributed by atoms with Crippen molar-refractivity contribution in [2.24, 2.45) is 0 Å². The molecule has 22 heavy (non-hydrogen) atoms. The molecule has 2 rings (SSSR count). The van der Waals surface area contributed by atoms with Gasteiger partial charge in [0.2, 0.25) is 5.91 Å². The highest BCUT2D eigenvalue weighted by molar-refractivity contribution is 7.91. The summed E-state index contributed by atoms with van der Waals surface area (Å²) in [5, 5.41) is 2.66. The number of benzene rings is 1. The Hall–Kier alpha value is -1.57. The highest BCUT2D eigenvalue weighted by Gasteiger charge is 2.39. The zero-order valence-electron chi connectivity index (χ0n) is 11.9. The van der Waals surface area contributed by atoms with E-state index in [1.807, 2.05) is 0 Å². The highest BCUT2D eigenvalue weighted by atomic mass is 32.2. The molecule has 0 saturated carbocycles. The van der Waals surface area contributed by atoms with E-state index in [9.17, 15) is 26.4 Å². The van der Waals surface area contributed by atoms with E-state index < -0.39 is 33.0 Å².